The number of nitrogens with zero attached hydrogens (tertiary/aromatic N) is 4. The first-order valence-corrected chi connectivity index (χ1v) is 9.52. The molecule has 132 valence electrons. The van der Waals surface area contributed by atoms with Crippen LogP contribution in [0.1, 0.15) is 36.4 Å². The third kappa shape index (κ3) is 3.32. The van der Waals surface area contributed by atoms with Crippen molar-refractivity contribution < 1.29 is 0 Å². The molecule has 1 aliphatic heterocycles. The fraction of sp³-hybridized carbons (Fsp3) is 0.471. The van der Waals surface area contributed by atoms with Gasteiger partial charge in [-0.15, -0.1) is 11.3 Å². The molecule has 8 heteroatoms. The summed E-state index contributed by atoms with van der Waals surface area (Å²) in [5.41, 5.74) is 0.982. The topological polar surface area (TPSA) is 82.6 Å². The summed E-state index contributed by atoms with van der Waals surface area (Å²) in [6.07, 6.45) is 3.87. The van der Waals surface area contributed by atoms with E-state index in [1.165, 1.54) is 9.75 Å². The first-order chi connectivity index (χ1) is 12.2. The highest BCUT2D eigenvalue weighted by atomic mass is 32.1. The van der Waals surface area contributed by atoms with Gasteiger partial charge in [0.15, 0.2) is 0 Å². The Balaban J connectivity index is 1.37. The quantitative estimate of drug-likeness (QED) is 0.734. The number of nitrogens with one attached hydrogen (secondary N) is 2. The van der Waals surface area contributed by atoms with Crippen molar-refractivity contribution in [1.29, 1.82) is 0 Å². The van der Waals surface area contributed by atoms with E-state index in [1.54, 1.807) is 10.8 Å². The maximum absolute atomic E-state index is 11.7. The summed E-state index contributed by atoms with van der Waals surface area (Å²) in [7, 11) is 0. The van der Waals surface area contributed by atoms with E-state index in [9.17, 15) is 4.79 Å². The first-order valence-electron chi connectivity index (χ1n) is 8.70. The second kappa shape index (κ2) is 6.97. The molecule has 2 N–H and O–H groups in total. The van der Waals surface area contributed by atoms with Crippen LogP contribution in [-0.2, 0) is 13.1 Å². The van der Waals surface area contributed by atoms with Crippen molar-refractivity contribution in [3.63, 3.8) is 0 Å². The maximum Gasteiger partial charge on any atom is 0.343 e. The van der Waals surface area contributed by atoms with Gasteiger partial charge in [-0.05, 0) is 51.1 Å². The summed E-state index contributed by atoms with van der Waals surface area (Å²) in [6, 6.07) is 6.36. The number of aromatic nitrogens is 5. The minimum Gasteiger partial charge on any atom is -0.298 e. The Kier molecular flexibility index (Phi) is 4.54. The zero-order valence-corrected chi connectivity index (χ0v) is 15.1. The van der Waals surface area contributed by atoms with Crippen LogP contribution in [0.25, 0.3) is 10.6 Å². The molecular weight excluding hydrogens is 336 g/mol. The van der Waals surface area contributed by atoms with Crippen LogP contribution in [0.4, 0.5) is 0 Å². The van der Waals surface area contributed by atoms with Crippen molar-refractivity contribution >= 4 is 11.3 Å². The molecule has 1 saturated heterocycles. The smallest absolute Gasteiger partial charge is 0.298 e. The van der Waals surface area contributed by atoms with Gasteiger partial charge in [0.25, 0.3) is 0 Å². The van der Waals surface area contributed by atoms with Crippen LogP contribution in [0, 0.1) is 0 Å². The van der Waals surface area contributed by atoms with Crippen LogP contribution in [0.5, 0.6) is 0 Å². The van der Waals surface area contributed by atoms with Gasteiger partial charge in [0, 0.05) is 30.1 Å². The summed E-state index contributed by atoms with van der Waals surface area (Å²) in [6.45, 7) is 5.71. The monoisotopic (exact) mass is 358 g/mol. The normalized spacial score (nSPS) is 16.5. The number of aromatic amines is 2. The van der Waals surface area contributed by atoms with Gasteiger partial charge in [0.1, 0.15) is 5.82 Å². The fourth-order valence-electron chi connectivity index (χ4n) is 3.52. The number of hydrogen-bond donors (Lipinski definition) is 2. The number of hydrogen-bond acceptors (Lipinski definition) is 5. The molecule has 0 bridgehead atoms. The number of piperidine rings is 1. The van der Waals surface area contributed by atoms with Gasteiger partial charge in [-0.1, -0.05) is 0 Å². The van der Waals surface area contributed by atoms with Crippen LogP contribution in [0.2, 0.25) is 0 Å². The molecule has 0 spiro atoms. The van der Waals surface area contributed by atoms with Gasteiger partial charge in [-0.3, -0.25) is 14.6 Å². The molecule has 0 amide bonds. The van der Waals surface area contributed by atoms with Gasteiger partial charge in [0.2, 0.25) is 0 Å². The zero-order valence-electron chi connectivity index (χ0n) is 14.2. The standard InChI is InChI=1S/C17H22N6OS/c1-2-23-16(20-21-17(23)24)12-6-9-22(10-7-12)11-13-3-4-15(25-13)14-5-8-18-19-14/h3-5,8,12H,2,6-7,9-11H2,1H3,(H,18,19)(H,21,24). The maximum atomic E-state index is 11.7. The molecule has 3 aromatic heterocycles. The molecule has 3 aromatic rings. The largest absolute Gasteiger partial charge is 0.343 e. The second-order valence-corrected chi connectivity index (χ2v) is 7.59. The number of likely N-dealkylation sites (tertiary alicyclic amines) is 1. The van der Waals surface area contributed by atoms with Crippen molar-refractivity contribution in [2.45, 2.75) is 38.8 Å². The van der Waals surface area contributed by atoms with Gasteiger partial charge >= 0.3 is 5.69 Å². The average Bonchev–Trinajstić information content (AvgIpc) is 3.36. The molecule has 1 aliphatic rings. The van der Waals surface area contributed by atoms with E-state index >= 15 is 0 Å². The van der Waals surface area contributed by atoms with E-state index in [-0.39, 0.29) is 5.69 Å². The summed E-state index contributed by atoms with van der Waals surface area (Å²) >= 11 is 1.82. The predicted molar refractivity (Wildman–Crippen MR) is 97.7 cm³/mol. The van der Waals surface area contributed by atoms with Crippen molar-refractivity contribution in [2.75, 3.05) is 13.1 Å². The van der Waals surface area contributed by atoms with E-state index in [4.69, 9.17) is 0 Å². The highest BCUT2D eigenvalue weighted by molar-refractivity contribution is 7.15. The Morgan fingerprint density at radius 1 is 1.24 bits per heavy atom. The SMILES string of the molecule is CCn1c(C2CCN(Cc3ccc(-c4ccn[nH]4)s3)CC2)n[nH]c1=O. The zero-order chi connectivity index (χ0) is 17.2. The van der Waals surface area contributed by atoms with Crippen molar-refractivity contribution in [1.82, 2.24) is 29.9 Å². The lowest BCUT2D eigenvalue weighted by molar-refractivity contribution is 0.201. The Hall–Kier alpha value is -2.19. The second-order valence-electron chi connectivity index (χ2n) is 6.42. The number of rotatable bonds is 5. The van der Waals surface area contributed by atoms with Gasteiger partial charge in [-0.25, -0.2) is 9.89 Å². The fourth-order valence-corrected chi connectivity index (χ4v) is 4.54. The summed E-state index contributed by atoms with van der Waals surface area (Å²) in [5.74, 6) is 1.30. The third-order valence-corrected chi connectivity index (χ3v) is 5.97. The van der Waals surface area contributed by atoms with Crippen LogP contribution in [0.15, 0.2) is 29.2 Å². The lowest BCUT2D eigenvalue weighted by Crippen LogP contribution is -2.33. The molecule has 7 nitrogen and oxygen atoms in total. The van der Waals surface area contributed by atoms with Crippen LogP contribution in [-0.4, -0.2) is 43.0 Å². The Bertz CT molecular complexity index is 869. The third-order valence-electron chi connectivity index (χ3n) is 4.86. The lowest BCUT2D eigenvalue weighted by Gasteiger charge is -2.31. The van der Waals surface area contributed by atoms with Gasteiger partial charge in [0.05, 0.1) is 10.6 Å². The van der Waals surface area contributed by atoms with Crippen molar-refractivity contribution in [3.8, 4) is 10.6 Å². The van der Waals surface area contributed by atoms with E-state index in [1.807, 2.05) is 24.3 Å². The van der Waals surface area contributed by atoms with Crippen molar-refractivity contribution in [3.05, 3.63) is 45.6 Å². The van der Waals surface area contributed by atoms with E-state index in [0.717, 1.165) is 44.0 Å². The molecule has 4 heterocycles. The number of thiophene rings is 1. The van der Waals surface area contributed by atoms with Crippen LogP contribution < -0.4 is 5.69 Å². The Morgan fingerprint density at radius 3 is 2.80 bits per heavy atom. The molecule has 0 saturated carbocycles. The lowest BCUT2D eigenvalue weighted by atomic mass is 9.96. The Morgan fingerprint density at radius 2 is 2.08 bits per heavy atom. The Labute approximate surface area is 149 Å². The predicted octanol–water partition coefficient (Wildman–Crippen LogP) is 2.42. The van der Waals surface area contributed by atoms with E-state index in [2.05, 4.69) is 37.4 Å². The molecule has 0 aliphatic carbocycles. The van der Waals surface area contributed by atoms with Gasteiger partial charge in [-0.2, -0.15) is 10.2 Å². The van der Waals surface area contributed by atoms with Crippen LogP contribution >= 0.6 is 11.3 Å². The first kappa shape index (κ1) is 16.3. The van der Waals surface area contributed by atoms with Crippen molar-refractivity contribution in [2.24, 2.45) is 0 Å². The minimum atomic E-state index is -0.0927. The van der Waals surface area contributed by atoms with E-state index in [0.29, 0.717) is 12.5 Å². The van der Waals surface area contributed by atoms with E-state index < -0.39 is 0 Å². The summed E-state index contributed by atoms with van der Waals surface area (Å²) in [4.78, 5) is 16.8. The molecule has 4 rings (SSSR count). The molecular formula is C17H22N6OS. The van der Waals surface area contributed by atoms with Gasteiger partial charge < -0.3 is 0 Å². The number of H-pyrrole nitrogens is 2. The molecule has 25 heavy (non-hydrogen) atoms. The van der Waals surface area contributed by atoms with Crippen LogP contribution in [0.3, 0.4) is 0 Å². The summed E-state index contributed by atoms with van der Waals surface area (Å²) < 4.78 is 1.76. The summed E-state index contributed by atoms with van der Waals surface area (Å²) in [5, 5.41) is 13.9. The molecule has 0 atom stereocenters. The highest BCUT2D eigenvalue weighted by Crippen LogP contribution is 2.30. The average molecular weight is 358 g/mol. The molecule has 0 aromatic carbocycles. The highest BCUT2D eigenvalue weighted by Gasteiger charge is 2.25. The molecule has 0 radical (unpaired) electrons. The minimum absolute atomic E-state index is 0.0927. The molecule has 0 unspecified atom stereocenters. The molecule has 1 fully saturated rings.